The van der Waals surface area contributed by atoms with Crippen LogP contribution in [0.3, 0.4) is 0 Å². The Hall–Kier alpha value is -0.130. The van der Waals surface area contributed by atoms with Crippen molar-refractivity contribution in [2.24, 2.45) is 0 Å². The first-order valence-electron chi connectivity index (χ1n) is 2.62. The third-order valence-electron chi connectivity index (χ3n) is 1.10. The van der Waals surface area contributed by atoms with Gasteiger partial charge in [-0.15, -0.1) is 15.2 Å². The van der Waals surface area contributed by atoms with Gasteiger partial charge in [-0.2, -0.15) is 8.42 Å². The Bertz CT molecular complexity index is 368. The highest BCUT2D eigenvalue weighted by molar-refractivity contribution is 7.86. The lowest BCUT2D eigenvalue weighted by molar-refractivity contribution is 0.552. The second kappa shape index (κ2) is 2.73. The Morgan fingerprint density at radius 3 is 2.36 bits per heavy atom. The van der Waals surface area contributed by atoms with Crippen LogP contribution >= 0.6 is 22.9 Å². The van der Waals surface area contributed by atoms with Crippen molar-refractivity contribution in [1.29, 1.82) is 0 Å². The van der Waals surface area contributed by atoms with Crippen molar-refractivity contribution in [1.82, 2.24) is 0 Å². The zero-order valence-electron chi connectivity index (χ0n) is 5.47. The molecule has 1 aromatic heterocycles. The van der Waals surface area contributed by atoms with Gasteiger partial charge in [-0.05, 0) is 13.0 Å². The molecule has 62 valence electrons. The highest BCUT2D eigenvalue weighted by Crippen LogP contribution is 2.29. The summed E-state index contributed by atoms with van der Waals surface area (Å²) >= 11 is 6.50. The second-order valence-corrected chi connectivity index (χ2v) is 5.11. The van der Waals surface area contributed by atoms with Gasteiger partial charge >= 0.3 is 10.2 Å². The molecule has 0 aliphatic carbocycles. The van der Waals surface area contributed by atoms with E-state index in [1.807, 2.05) is 0 Å². The van der Waals surface area contributed by atoms with Crippen molar-refractivity contribution in [2.45, 2.75) is 11.8 Å². The van der Waals surface area contributed by atoms with Crippen LogP contribution in [0.5, 0.6) is 0 Å². The fourth-order valence-corrected chi connectivity index (χ4v) is 2.92. The zero-order valence-corrected chi connectivity index (χ0v) is 7.86. The van der Waals surface area contributed by atoms with E-state index in [2.05, 4.69) is 0 Å². The summed E-state index contributed by atoms with van der Waals surface area (Å²) in [6.07, 6.45) is 0. The molecule has 0 aliphatic heterocycles. The van der Waals surface area contributed by atoms with E-state index in [0.29, 0.717) is 4.88 Å². The average molecular weight is 215 g/mol. The largest absolute Gasteiger partial charge is 0.333 e. The molecule has 0 N–H and O–H groups in total. The fourth-order valence-electron chi connectivity index (χ4n) is 0.673. The van der Waals surface area contributed by atoms with Gasteiger partial charge in [0.25, 0.3) is 0 Å². The Morgan fingerprint density at radius 2 is 2.18 bits per heavy atom. The topological polar surface area (TPSA) is 34.1 Å². The van der Waals surface area contributed by atoms with Crippen molar-refractivity contribution in [3.8, 4) is 0 Å². The molecule has 11 heavy (non-hydrogen) atoms. The lowest BCUT2D eigenvalue weighted by Gasteiger charge is -1.88. The van der Waals surface area contributed by atoms with E-state index < -0.39 is 10.2 Å². The number of aryl methyl sites for hydroxylation is 1. The Morgan fingerprint density at radius 1 is 1.64 bits per heavy atom. The molecule has 0 bridgehead atoms. The molecule has 0 spiro atoms. The predicted octanol–water partition coefficient (Wildman–Crippen LogP) is 2.37. The summed E-state index contributed by atoms with van der Waals surface area (Å²) in [6, 6.07) is 1.11. The molecule has 1 aromatic rings. The van der Waals surface area contributed by atoms with Gasteiger partial charge in [-0.25, -0.2) is 0 Å². The number of hydrogen-bond donors (Lipinski definition) is 0. The van der Waals surface area contributed by atoms with Gasteiger partial charge in [-0.1, -0.05) is 11.6 Å². The highest BCUT2D eigenvalue weighted by atomic mass is 35.5. The Kier molecular flexibility index (Phi) is 2.22. The van der Waals surface area contributed by atoms with Crippen LogP contribution in [0, 0.1) is 6.92 Å². The van der Waals surface area contributed by atoms with E-state index in [1.165, 1.54) is 6.92 Å². The van der Waals surface area contributed by atoms with Gasteiger partial charge in [-0.3, -0.25) is 0 Å². The van der Waals surface area contributed by atoms with Crippen molar-refractivity contribution >= 4 is 33.2 Å². The molecular weight excluding hydrogens is 211 g/mol. The molecule has 2 nitrogen and oxygen atoms in total. The van der Waals surface area contributed by atoms with Gasteiger partial charge in [0.2, 0.25) is 0 Å². The molecular formula is C5H4ClFO2S2. The summed E-state index contributed by atoms with van der Waals surface area (Å²) in [6.45, 7) is 1.50. The maximum absolute atomic E-state index is 12.3. The standard InChI is InChI=1S/C5H4ClFO2S2/c1-3-4(11(7,8)9)2-5(6)10-3/h2H,1H3. The third kappa shape index (κ3) is 1.91. The molecule has 0 aromatic carbocycles. The van der Waals surface area contributed by atoms with Crippen molar-refractivity contribution in [3.05, 3.63) is 15.3 Å². The van der Waals surface area contributed by atoms with E-state index in [4.69, 9.17) is 11.6 Å². The lowest BCUT2D eigenvalue weighted by atomic mass is 10.5. The third-order valence-corrected chi connectivity index (χ3v) is 3.36. The summed E-state index contributed by atoms with van der Waals surface area (Å²) in [4.78, 5) is 0.0463. The molecule has 6 heteroatoms. The number of thiophene rings is 1. The first kappa shape index (κ1) is 8.96. The minimum atomic E-state index is -4.59. The molecule has 0 unspecified atom stereocenters. The molecule has 0 radical (unpaired) electrons. The smallest absolute Gasteiger partial charge is 0.189 e. The quantitative estimate of drug-likeness (QED) is 0.673. The van der Waals surface area contributed by atoms with Crippen LogP contribution in [0.15, 0.2) is 11.0 Å². The molecule has 0 saturated carbocycles. The molecule has 0 amide bonds. The zero-order chi connectivity index (χ0) is 8.65. The SMILES string of the molecule is Cc1sc(Cl)cc1S(=O)(=O)F. The van der Waals surface area contributed by atoms with Crippen LogP contribution in [0.1, 0.15) is 4.88 Å². The maximum atomic E-state index is 12.3. The molecule has 1 rings (SSSR count). The van der Waals surface area contributed by atoms with Crippen LogP contribution in [-0.4, -0.2) is 8.42 Å². The number of halogens is 2. The summed E-state index contributed by atoms with van der Waals surface area (Å²) < 4.78 is 33.3. The molecule has 0 fully saturated rings. The van der Waals surface area contributed by atoms with Crippen LogP contribution in [0.25, 0.3) is 0 Å². The molecule has 0 atom stereocenters. The van der Waals surface area contributed by atoms with Gasteiger partial charge in [0.1, 0.15) is 4.90 Å². The predicted molar refractivity (Wildman–Crippen MR) is 42.4 cm³/mol. The van der Waals surface area contributed by atoms with Crippen LogP contribution in [0.4, 0.5) is 3.89 Å². The van der Waals surface area contributed by atoms with Crippen LogP contribution in [-0.2, 0) is 10.2 Å². The lowest BCUT2D eigenvalue weighted by Crippen LogP contribution is -1.90. The van der Waals surface area contributed by atoms with Crippen molar-refractivity contribution in [2.75, 3.05) is 0 Å². The first-order chi connectivity index (χ1) is 4.91. The van der Waals surface area contributed by atoms with Gasteiger partial charge in [0.15, 0.2) is 0 Å². The van der Waals surface area contributed by atoms with E-state index in [1.54, 1.807) is 0 Å². The van der Waals surface area contributed by atoms with Crippen molar-refractivity contribution < 1.29 is 12.3 Å². The number of rotatable bonds is 1. The normalized spacial score (nSPS) is 11.9. The van der Waals surface area contributed by atoms with Gasteiger partial charge in [0.05, 0.1) is 4.34 Å². The average Bonchev–Trinajstić information content (AvgIpc) is 2.08. The minimum absolute atomic E-state index is 0.277. The maximum Gasteiger partial charge on any atom is 0.333 e. The van der Waals surface area contributed by atoms with E-state index in [-0.39, 0.29) is 9.23 Å². The van der Waals surface area contributed by atoms with Crippen LogP contribution in [0.2, 0.25) is 4.34 Å². The molecule has 1 heterocycles. The molecule has 0 aliphatic rings. The number of hydrogen-bond acceptors (Lipinski definition) is 3. The summed E-state index contributed by atoms with van der Waals surface area (Å²) in [7, 11) is -4.59. The summed E-state index contributed by atoms with van der Waals surface area (Å²) in [5.41, 5.74) is 0. The van der Waals surface area contributed by atoms with Crippen LogP contribution < -0.4 is 0 Å². The minimum Gasteiger partial charge on any atom is -0.189 e. The Balaban J connectivity index is 3.36. The van der Waals surface area contributed by atoms with E-state index in [9.17, 15) is 12.3 Å². The second-order valence-electron chi connectivity index (χ2n) is 1.91. The fraction of sp³-hybridized carbons (Fsp3) is 0.200. The Labute approximate surface area is 72.8 Å². The first-order valence-corrected chi connectivity index (χ1v) is 5.19. The summed E-state index contributed by atoms with van der Waals surface area (Å²) in [5, 5.41) is 0. The van der Waals surface area contributed by atoms with Crippen molar-refractivity contribution in [3.63, 3.8) is 0 Å². The van der Waals surface area contributed by atoms with Gasteiger partial charge in [0, 0.05) is 4.88 Å². The van der Waals surface area contributed by atoms with E-state index in [0.717, 1.165) is 17.4 Å². The molecule has 0 saturated heterocycles. The highest BCUT2D eigenvalue weighted by Gasteiger charge is 2.17. The van der Waals surface area contributed by atoms with Gasteiger partial charge < -0.3 is 0 Å². The summed E-state index contributed by atoms with van der Waals surface area (Å²) in [5.74, 6) is 0. The monoisotopic (exact) mass is 214 g/mol. The van der Waals surface area contributed by atoms with E-state index >= 15 is 0 Å².